The van der Waals surface area contributed by atoms with Crippen molar-refractivity contribution in [3.8, 4) is 0 Å². The molecule has 8 heteroatoms. The molecule has 0 aliphatic carbocycles. The van der Waals surface area contributed by atoms with Crippen molar-refractivity contribution in [1.29, 1.82) is 0 Å². The van der Waals surface area contributed by atoms with E-state index in [0.717, 1.165) is 0 Å². The molecular weight excluding hydrogens is 284 g/mol. The Labute approximate surface area is 121 Å². The predicted octanol–water partition coefficient (Wildman–Crippen LogP) is -0.457. The topological polar surface area (TPSA) is 110 Å². The van der Waals surface area contributed by atoms with Crippen molar-refractivity contribution >= 4 is 29.6 Å². The molecular formula is C12H20N2O5S. The Morgan fingerprint density at radius 3 is 2.50 bits per heavy atom. The molecule has 7 nitrogen and oxygen atoms in total. The molecule has 0 aromatic heterocycles. The average Bonchev–Trinajstić information content (AvgIpc) is 2.46. The lowest BCUT2D eigenvalue weighted by molar-refractivity contribution is -0.148. The van der Waals surface area contributed by atoms with Crippen LogP contribution in [-0.2, 0) is 19.1 Å². The summed E-state index contributed by atoms with van der Waals surface area (Å²) < 4.78 is 4.68. The van der Waals surface area contributed by atoms with Gasteiger partial charge in [0.25, 0.3) is 0 Å². The maximum absolute atomic E-state index is 11.9. The van der Waals surface area contributed by atoms with Gasteiger partial charge in [0.2, 0.25) is 5.91 Å². The first-order chi connectivity index (χ1) is 9.45. The number of carboxylic acids is 1. The third kappa shape index (κ3) is 5.01. The maximum Gasteiger partial charge on any atom is 0.321 e. The number of carbonyl (C=O) groups is 3. The van der Waals surface area contributed by atoms with Crippen molar-refractivity contribution in [1.82, 2.24) is 4.90 Å². The van der Waals surface area contributed by atoms with Crippen LogP contribution < -0.4 is 5.73 Å². The molecule has 0 spiro atoms. The number of carbonyl (C=O) groups excluding carboxylic acids is 2. The van der Waals surface area contributed by atoms with E-state index in [1.807, 2.05) is 0 Å². The summed E-state index contributed by atoms with van der Waals surface area (Å²) in [6, 6.07) is -0.946. The molecule has 1 heterocycles. The number of nitrogens with two attached hydrogens (primary N) is 1. The third-order valence-electron chi connectivity index (χ3n) is 3.22. The molecule has 0 aromatic carbocycles. The minimum absolute atomic E-state index is 0.0455. The summed E-state index contributed by atoms with van der Waals surface area (Å²) in [5, 5.41) is 8.62. The molecule has 0 saturated carbocycles. The molecule has 3 N–H and O–H groups in total. The van der Waals surface area contributed by atoms with E-state index in [1.54, 1.807) is 4.90 Å². The van der Waals surface area contributed by atoms with Gasteiger partial charge in [-0.3, -0.25) is 14.4 Å². The first-order valence-corrected chi connectivity index (χ1v) is 7.53. The molecule has 1 rings (SSSR count). The van der Waals surface area contributed by atoms with E-state index >= 15 is 0 Å². The molecule has 20 heavy (non-hydrogen) atoms. The van der Waals surface area contributed by atoms with Gasteiger partial charge in [-0.1, -0.05) is 0 Å². The first-order valence-electron chi connectivity index (χ1n) is 6.37. The van der Waals surface area contributed by atoms with E-state index in [1.165, 1.54) is 18.9 Å². The monoisotopic (exact) mass is 304 g/mol. The lowest BCUT2D eigenvalue weighted by Gasteiger charge is -2.30. The number of thioether (sulfide) groups is 1. The van der Waals surface area contributed by atoms with Gasteiger partial charge in [0, 0.05) is 18.8 Å². The van der Waals surface area contributed by atoms with E-state index in [9.17, 15) is 14.4 Å². The Morgan fingerprint density at radius 1 is 1.40 bits per heavy atom. The van der Waals surface area contributed by atoms with E-state index in [0.29, 0.717) is 25.9 Å². The van der Waals surface area contributed by atoms with Crippen LogP contribution in [0.15, 0.2) is 0 Å². The van der Waals surface area contributed by atoms with Crippen molar-refractivity contribution in [3.63, 3.8) is 0 Å². The number of aliphatic carboxylic acids is 1. The van der Waals surface area contributed by atoms with Crippen LogP contribution in [0.1, 0.15) is 12.8 Å². The molecule has 0 unspecified atom stereocenters. The lowest BCUT2D eigenvalue weighted by Crippen LogP contribution is -2.41. The molecule has 1 amide bonds. The molecule has 0 aromatic rings. The van der Waals surface area contributed by atoms with Gasteiger partial charge >= 0.3 is 11.9 Å². The van der Waals surface area contributed by atoms with E-state index in [2.05, 4.69) is 4.74 Å². The number of hydrogen-bond acceptors (Lipinski definition) is 6. The molecule has 1 aliphatic heterocycles. The SMILES string of the molecule is COC(=O)C1CCN(C(=O)CSC[C@@H](N)C(=O)O)CC1. The summed E-state index contributed by atoms with van der Waals surface area (Å²) in [6.45, 7) is 1.06. The number of esters is 1. The second-order valence-corrected chi connectivity index (χ2v) is 5.67. The summed E-state index contributed by atoms with van der Waals surface area (Å²) in [6.07, 6.45) is 1.22. The zero-order chi connectivity index (χ0) is 15.1. The number of carboxylic acid groups (broad SMARTS) is 1. The minimum Gasteiger partial charge on any atom is -0.480 e. The fourth-order valence-electron chi connectivity index (χ4n) is 1.97. The second kappa shape index (κ2) is 8.11. The third-order valence-corrected chi connectivity index (χ3v) is 4.27. The van der Waals surface area contributed by atoms with Crippen LogP contribution in [0, 0.1) is 5.92 Å². The summed E-state index contributed by atoms with van der Waals surface area (Å²) >= 11 is 1.21. The highest BCUT2D eigenvalue weighted by Crippen LogP contribution is 2.19. The number of rotatable bonds is 6. The number of likely N-dealkylation sites (tertiary alicyclic amines) is 1. The van der Waals surface area contributed by atoms with Crippen LogP contribution in [-0.4, -0.2) is 65.6 Å². The maximum atomic E-state index is 11.9. The molecule has 1 aliphatic rings. The number of nitrogens with zero attached hydrogens (tertiary/aromatic N) is 1. The van der Waals surface area contributed by atoms with Crippen molar-refractivity contribution in [2.75, 3.05) is 31.7 Å². The van der Waals surface area contributed by atoms with Gasteiger partial charge in [-0.2, -0.15) is 0 Å². The van der Waals surface area contributed by atoms with E-state index < -0.39 is 12.0 Å². The summed E-state index contributed by atoms with van der Waals surface area (Å²) in [5.41, 5.74) is 5.35. The smallest absolute Gasteiger partial charge is 0.321 e. The van der Waals surface area contributed by atoms with Gasteiger partial charge in [0.15, 0.2) is 0 Å². The number of amides is 1. The highest BCUT2D eigenvalue weighted by molar-refractivity contribution is 8.00. The van der Waals surface area contributed by atoms with Crippen molar-refractivity contribution in [2.24, 2.45) is 11.7 Å². The lowest BCUT2D eigenvalue weighted by atomic mass is 9.97. The number of ether oxygens (including phenoxy) is 1. The summed E-state index contributed by atoms with van der Waals surface area (Å²) in [5.74, 6) is -1.04. The standard InChI is InChI=1S/C12H20N2O5S/c1-19-12(18)8-2-4-14(5-3-8)10(15)7-20-6-9(13)11(16)17/h8-9H,2-7,13H2,1H3,(H,16,17)/t9-/m1/s1. The average molecular weight is 304 g/mol. The Bertz CT molecular complexity index is 369. The number of piperidine rings is 1. The first kappa shape index (κ1) is 16.8. The largest absolute Gasteiger partial charge is 0.480 e. The molecule has 1 saturated heterocycles. The molecule has 0 radical (unpaired) electrons. The minimum atomic E-state index is -1.07. The molecule has 114 valence electrons. The normalized spacial score (nSPS) is 17.6. The second-order valence-electron chi connectivity index (χ2n) is 4.64. The quantitative estimate of drug-likeness (QED) is 0.639. The van der Waals surface area contributed by atoms with Crippen molar-refractivity contribution in [2.45, 2.75) is 18.9 Å². The van der Waals surface area contributed by atoms with Gasteiger partial charge in [0.05, 0.1) is 18.8 Å². The highest BCUT2D eigenvalue weighted by Gasteiger charge is 2.27. The predicted molar refractivity (Wildman–Crippen MR) is 74.3 cm³/mol. The van der Waals surface area contributed by atoms with Gasteiger partial charge in [-0.15, -0.1) is 11.8 Å². The Hall–Kier alpha value is -1.28. The van der Waals surface area contributed by atoms with Gasteiger partial charge in [-0.05, 0) is 12.8 Å². The zero-order valence-corrected chi connectivity index (χ0v) is 12.2. The van der Waals surface area contributed by atoms with Crippen LogP contribution in [0.3, 0.4) is 0 Å². The summed E-state index contributed by atoms with van der Waals surface area (Å²) in [7, 11) is 1.36. The number of hydrogen-bond donors (Lipinski definition) is 2. The van der Waals surface area contributed by atoms with Crippen LogP contribution in [0.2, 0.25) is 0 Å². The van der Waals surface area contributed by atoms with E-state index in [-0.39, 0.29) is 29.3 Å². The summed E-state index contributed by atoms with van der Waals surface area (Å²) in [4.78, 5) is 35.5. The van der Waals surface area contributed by atoms with Gasteiger partial charge < -0.3 is 20.5 Å². The Morgan fingerprint density at radius 2 is 2.00 bits per heavy atom. The van der Waals surface area contributed by atoms with Gasteiger partial charge in [0.1, 0.15) is 6.04 Å². The fraction of sp³-hybridized carbons (Fsp3) is 0.750. The van der Waals surface area contributed by atoms with Crippen molar-refractivity contribution in [3.05, 3.63) is 0 Å². The van der Waals surface area contributed by atoms with Crippen LogP contribution >= 0.6 is 11.8 Å². The zero-order valence-electron chi connectivity index (χ0n) is 11.4. The fourth-order valence-corrected chi connectivity index (χ4v) is 2.84. The highest BCUT2D eigenvalue weighted by atomic mass is 32.2. The van der Waals surface area contributed by atoms with E-state index in [4.69, 9.17) is 10.8 Å². The van der Waals surface area contributed by atoms with Crippen LogP contribution in [0.25, 0.3) is 0 Å². The molecule has 0 bridgehead atoms. The van der Waals surface area contributed by atoms with Crippen LogP contribution in [0.4, 0.5) is 0 Å². The van der Waals surface area contributed by atoms with Crippen LogP contribution in [0.5, 0.6) is 0 Å². The molecule has 1 fully saturated rings. The molecule has 1 atom stereocenters. The van der Waals surface area contributed by atoms with Crippen molar-refractivity contribution < 1.29 is 24.2 Å². The Balaban J connectivity index is 2.26. The Kier molecular flexibility index (Phi) is 6.80. The van der Waals surface area contributed by atoms with Gasteiger partial charge in [-0.25, -0.2) is 0 Å². The number of methoxy groups -OCH3 is 1.